The van der Waals surface area contributed by atoms with E-state index < -0.39 is 5.97 Å². The minimum atomic E-state index is -1.13. The molecule has 0 atom stereocenters. The van der Waals surface area contributed by atoms with Gasteiger partial charge < -0.3 is 14.7 Å². The summed E-state index contributed by atoms with van der Waals surface area (Å²) in [4.78, 5) is 23.7. The van der Waals surface area contributed by atoms with E-state index in [0.29, 0.717) is 19.7 Å². The van der Waals surface area contributed by atoms with Gasteiger partial charge in [0.1, 0.15) is 12.4 Å². The fourth-order valence-corrected chi connectivity index (χ4v) is 1.76. The van der Waals surface area contributed by atoms with Crippen molar-refractivity contribution in [1.29, 1.82) is 0 Å². The average Bonchev–Trinajstić information content (AvgIpc) is 2.57. The molecule has 1 heterocycles. The van der Waals surface area contributed by atoms with Crippen LogP contribution in [-0.2, 0) is 16.1 Å². The fourth-order valence-electron chi connectivity index (χ4n) is 1.76. The number of fused-ring (bicyclic) bond motifs is 1. The van der Waals surface area contributed by atoms with E-state index in [4.69, 9.17) is 9.84 Å². The first-order valence-electron chi connectivity index (χ1n) is 5.57. The first-order chi connectivity index (χ1) is 8.66. The Morgan fingerprint density at radius 2 is 2.06 bits per heavy atom. The van der Waals surface area contributed by atoms with Crippen LogP contribution in [0.5, 0.6) is 5.75 Å². The quantitative estimate of drug-likeness (QED) is 0.793. The summed E-state index contributed by atoms with van der Waals surface area (Å²) in [6, 6.07) is 7.50. The molecule has 0 saturated heterocycles. The van der Waals surface area contributed by atoms with Gasteiger partial charge in [-0.1, -0.05) is 18.2 Å². The van der Waals surface area contributed by atoms with Gasteiger partial charge in [0, 0.05) is 24.3 Å². The van der Waals surface area contributed by atoms with Gasteiger partial charge in [-0.15, -0.1) is 0 Å². The molecule has 0 bridgehead atoms. The summed E-state index contributed by atoms with van der Waals surface area (Å²) in [5.41, 5.74) is 0.923. The number of nitrogens with zero attached hydrogens (tertiary/aromatic N) is 1. The molecular formula is C13H13NO4. The molecule has 0 aliphatic carbocycles. The van der Waals surface area contributed by atoms with Crippen molar-refractivity contribution in [1.82, 2.24) is 4.90 Å². The highest BCUT2D eigenvalue weighted by atomic mass is 16.5. The summed E-state index contributed by atoms with van der Waals surface area (Å²) in [5, 5.41) is 8.49. The predicted octanol–water partition coefficient (Wildman–Crippen LogP) is 1.05. The predicted molar refractivity (Wildman–Crippen MR) is 64.1 cm³/mol. The molecule has 0 aromatic heterocycles. The van der Waals surface area contributed by atoms with Gasteiger partial charge in [0.05, 0.1) is 6.54 Å². The second-order valence-electron chi connectivity index (χ2n) is 3.89. The van der Waals surface area contributed by atoms with Crippen molar-refractivity contribution in [3.05, 3.63) is 42.0 Å². The summed E-state index contributed by atoms with van der Waals surface area (Å²) in [7, 11) is 0. The van der Waals surface area contributed by atoms with E-state index in [1.807, 2.05) is 24.3 Å². The van der Waals surface area contributed by atoms with Crippen molar-refractivity contribution < 1.29 is 19.4 Å². The second kappa shape index (κ2) is 5.35. The SMILES string of the molecule is O=C(O)/C=C/C(=O)N1CCOc2ccccc2C1. The number of carboxylic acid groups (broad SMARTS) is 1. The second-order valence-corrected chi connectivity index (χ2v) is 3.89. The normalized spacial score (nSPS) is 14.8. The zero-order valence-corrected chi connectivity index (χ0v) is 9.70. The number of carbonyl (C=O) groups excluding carboxylic acids is 1. The molecule has 0 unspecified atom stereocenters. The van der Waals surface area contributed by atoms with E-state index in [-0.39, 0.29) is 5.91 Å². The maximum atomic E-state index is 11.8. The lowest BCUT2D eigenvalue weighted by Gasteiger charge is -2.17. The lowest BCUT2D eigenvalue weighted by molar-refractivity contribution is -0.132. The number of ether oxygens (including phenoxy) is 1. The van der Waals surface area contributed by atoms with Crippen LogP contribution in [-0.4, -0.2) is 35.0 Å². The lowest BCUT2D eigenvalue weighted by atomic mass is 10.2. The molecule has 1 N–H and O–H groups in total. The number of rotatable bonds is 2. The van der Waals surface area contributed by atoms with Crippen LogP contribution in [0.3, 0.4) is 0 Å². The summed E-state index contributed by atoms with van der Waals surface area (Å²) >= 11 is 0. The highest BCUT2D eigenvalue weighted by molar-refractivity contribution is 5.93. The maximum absolute atomic E-state index is 11.8. The molecule has 1 aliphatic heterocycles. The van der Waals surface area contributed by atoms with E-state index in [1.54, 1.807) is 4.90 Å². The summed E-state index contributed by atoms with van der Waals surface area (Å²) in [5.74, 6) is -0.678. The molecule has 1 aromatic rings. The zero-order chi connectivity index (χ0) is 13.0. The number of hydrogen-bond donors (Lipinski definition) is 1. The minimum Gasteiger partial charge on any atom is -0.491 e. The number of benzene rings is 1. The van der Waals surface area contributed by atoms with Gasteiger partial charge in [-0.3, -0.25) is 4.79 Å². The van der Waals surface area contributed by atoms with E-state index in [1.165, 1.54) is 0 Å². The maximum Gasteiger partial charge on any atom is 0.328 e. The molecule has 18 heavy (non-hydrogen) atoms. The van der Waals surface area contributed by atoms with Crippen LogP contribution in [0.15, 0.2) is 36.4 Å². The smallest absolute Gasteiger partial charge is 0.328 e. The molecule has 1 amide bonds. The van der Waals surface area contributed by atoms with Crippen molar-refractivity contribution in [2.45, 2.75) is 6.54 Å². The number of amides is 1. The molecule has 0 saturated carbocycles. The molecule has 1 aromatic carbocycles. The van der Waals surface area contributed by atoms with Crippen molar-refractivity contribution >= 4 is 11.9 Å². The van der Waals surface area contributed by atoms with Gasteiger partial charge in [-0.25, -0.2) is 4.79 Å². The van der Waals surface area contributed by atoms with E-state index in [2.05, 4.69) is 0 Å². The number of aliphatic carboxylic acids is 1. The van der Waals surface area contributed by atoms with E-state index in [0.717, 1.165) is 23.5 Å². The Labute approximate surface area is 104 Å². The molecule has 1 aliphatic rings. The van der Waals surface area contributed by atoms with Crippen molar-refractivity contribution in [3.8, 4) is 5.75 Å². The minimum absolute atomic E-state index is 0.322. The standard InChI is InChI=1S/C13H13NO4/c15-12(5-6-13(16)17)14-7-8-18-11-4-2-1-3-10(11)9-14/h1-6H,7-9H2,(H,16,17)/b6-5+. The van der Waals surface area contributed by atoms with Crippen LogP contribution in [0.1, 0.15) is 5.56 Å². The van der Waals surface area contributed by atoms with Crippen LogP contribution in [0.2, 0.25) is 0 Å². The van der Waals surface area contributed by atoms with Gasteiger partial charge in [0.25, 0.3) is 0 Å². The molecule has 0 spiro atoms. The first kappa shape index (κ1) is 12.2. The third-order valence-electron chi connectivity index (χ3n) is 2.63. The molecule has 5 heteroatoms. The van der Waals surface area contributed by atoms with Gasteiger partial charge >= 0.3 is 5.97 Å². The zero-order valence-electron chi connectivity index (χ0n) is 9.70. The first-order valence-corrected chi connectivity index (χ1v) is 5.57. The molecular weight excluding hydrogens is 234 g/mol. The van der Waals surface area contributed by atoms with Gasteiger partial charge in [-0.05, 0) is 6.07 Å². The van der Waals surface area contributed by atoms with Crippen LogP contribution in [0.4, 0.5) is 0 Å². The Kier molecular flexibility index (Phi) is 3.62. The molecule has 94 valence electrons. The van der Waals surface area contributed by atoms with Crippen LogP contribution < -0.4 is 4.74 Å². The van der Waals surface area contributed by atoms with E-state index in [9.17, 15) is 9.59 Å². The summed E-state index contributed by atoms with van der Waals surface area (Å²) in [6.45, 7) is 1.28. The van der Waals surface area contributed by atoms with Crippen LogP contribution in [0.25, 0.3) is 0 Å². The molecule has 0 radical (unpaired) electrons. The van der Waals surface area contributed by atoms with Crippen molar-refractivity contribution in [2.24, 2.45) is 0 Å². The Hall–Kier alpha value is -2.30. The summed E-state index contributed by atoms with van der Waals surface area (Å²) < 4.78 is 5.52. The summed E-state index contributed by atoms with van der Waals surface area (Å²) in [6.07, 6.45) is 1.91. The number of hydrogen-bond acceptors (Lipinski definition) is 3. The van der Waals surface area contributed by atoms with Gasteiger partial charge in [0.15, 0.2) is 0 Å². The third-order valence-corrected chi connectivity index (χ3v) is 2.63. The largest absolute Gasteiger partial charge is 0.491 e. The third kappa shape index (κ3) is 2.88. The van der Waals surface area contributed by atoms with Gasteiger partial charge in [-0.2, -0.15) is 0 Å². The Morgan fingerprint density at radius 3 is 2.83 bits per heavy atom. The highest BCUT2D eigenvalue weighted by Gasteiger charge is 2.17. The molecule has 5 nitrogen and oxygen atoms in total. The molecule has 0 fully saturated rings. The number of para-hydroxylation sites is 1. The topological polar surface area (TPSA) is 66.8 Å². The monoisotopic (exact) mass is 247 g/mol. The number of carboxylic acids is 1. The van der Waals surface area contributed by atoms with E-state index >= 15 is 0 Å². The van der Waals surface area contributed by atoms with Crippen molar-refractivity contribution in [3.63, 3.8) is 0 Å². The Morgan fingerprint density at radius 1 is 1.28 bits per heavy atom. The fraction of sp³-hybridized carbons (Fsp3) is 0.231. The average molecular weight is 247 g/mol. The lowest BCUT2D eigenvalue weighted by Crippen LogP contribution is -2.31. The number of carbonyl (C=O) groups is 2. The molecule has 2 rings (SSSR count). The Bertz CT molecular complexity index is 496. The van der Waals surface area contributed by atoms with Gasteiger partial charge in [0.2, 0.25) is 5.91 Å². The Balaban J connectivity index is 2.12. The highest BCUT2D eigenvalue weighted by Crippen LogP contribution is 2.22. The van der Waals surface area contributed by atoms with Crippen molar-refractivity contribution in [2.75, 3.05) is 13.2 Å². The van der Waals surface area contributed by atoms with Crippen LogP contribution >= 0.6 is 0 Å². The van der Waals surface area contributed by atoms with Crippen LogP contribution in [0, 0.1) is 0 Å².